The summed E-state index contributed by atoms with van der Waals surface area (Å²) in [5.74, 6) is -0.344. The van der Waals surface area contributed by atoms with Gasteiger partial charge in [0.1, 0.15) is 18.0 Å². The van der Waals surface area contributed by atoms with Crippen LogP contribution in [-0.4, -0.2) is 48.8 Å². The quantitative estimate of drug-likeness (QED) is 0.621. The molecule has 2 amide bonds. The first kappa shape index (κ1) is 30.6. The Morgan fingerprint density at radius 2 is 1.74 bits per heavy atom. The van der Waals surface area contributed by atoms with E-state index in [2.05, 4.69) is 28.9 Å². The van der Waals surface area contributed by atoms with Gasteiger partial charge < -0.3 is 14.8 Å². The SMILES string of the molecule is CC.CCC.COC(=O)CNC(=O)CCCN(C(=O)OC(C)(C)C)c1cc(C)ccn1. The topological polar surface area (TPSA) is 97.8 Å². The van der Waals surface area contributed by atoms with Crippen LogP contribution in [-0.2, 0) is 19.1 Å². The van der Waals surface area contributed by atoms with E-state index in [1.807, 2.05) is 26.8 Å². The van der Waals surface area contributed by atoms with E-state index >= 15 is 0 Å². The number of hydrogen-bond acceptors (Lipinski definition) is 6. The second-order valence-electron chi connectivity index (χ2n) is 7.49. The highest BCUT2D eigenvalue weighted by Gasteiger charge is 2.24. The minimum atomic E-state index is -0.642. The molecule has 178 valence electrons. The van der Waals surface area contributed by atoms with Crippen molar-refractivity contribution in [3.05, 3.63) is 23.9 Å². The molecule has 0 aromatic carbocycles. The third-order valence-corrected chi connectivity index (χ3v) is 3.23. The van der Waals surface area contributed by atoms with Gasteiger partial charge in [-0.2, -0.15) is 0 Å². The van der Waals surface area contributed by atoms with E-state index in [0.29, 0.717) is 12.2 Å². The lowest BCUT2D eigenvalue weighted by Gasteiger charge is -2.27. The van der Waals surface area contributed by atoms with E-state index in [1.54, 1.807) is 33.0 Å². The third kappa shape index (κ3) is 15.8. The summed E-state index contributed by atoms with van der Waals surface area (Å²) in [7, 11) is 1.25. The fraction of sp³-hybridized carbons (Fsp3) is 0.652. The zero-order valence-electron chi connectivity index (χ0n) is 20.7. The molecule has 1 heterocycles. The van der Waals surface area contributed by atoms with Gasteiger partial charge in [0.2, 0.25) is 5.91 Å². The summed E-state index contributed by atoms with van der Waals surface area (Å²) >= 11 is 0. The molecule has 0 fully saturated rings. The maximum Gasteiger partial charge on any atom is 0.416 e. The number of carbonyl (C=O) groups excluding carboxylic acids is 3. The Bertz CT molecular complexity index is 657. The maximum atomic E-state index is 12.5. The highest BCUT2D eigenvalue weighted by Crippen LogP contribution is 2.18. The lowest BCUT2D eigenvalue weighted by Crippen LogP contribution is -2.38. The highest BCUT2D eigenvalue weighted by molar-refractivity contribution is 5.87. The number of nitrogens with zero attached hydrogens (tertiary/aromatic N) is 2. The molecular weight excluding hydrogens is 398 g/mol. The summed E-state index contributed by atoms with van der Waals surface area (Å²) in [6.07, 6.45) is 2.89. The third-order valence-electron chi connectivity index (χ3n) is 3.23. The van der Waals surface area contributed by atoms with Crippen molar-refractivity contribution < 1.29 is 23.9 Å². The van der Waals surface area contributed by atoms with Gasteiger partial charge in [-0.3, -0.25) is 14.5 Å². The molecule has 1 aromatic heterocycles. The maximum absolute atomic E-state index is 12.5. The number of rotatable bonds is 7. The van der Waals surface area contributed by atoms with Crippen LogP contribution in [0.25, 0.3) is 0 Å². The van der Waals surface area contributed by atoms with E-state index < -0.39 is 17.7 Å². The van der Waals surface area contributed by atoms with Crippen LogP contribution in [0.5, 0.6) is 0 Å². The molecule has 0 atom stereocenters. The summed E-state index contributed by atoms with van der Waals surface area (Å²) in [6, 6.07) is 3.61. The van der Waals surface area contributed by atoms with Crippen molar-refractivity contribution in [3.8, 4) is 0 Å². The normalized spacial score (nSPS) is 9.84. The van der Waals surface area contributed by atoms with E-state index in [-0.39, 0.29) is 25.4 Å². The summed E-state index contributed by atoms with van der Waals surface area (Å²) in [4.78, 5) is 40.9. The van der Waals surface area contributed by atoms with Gasteiger partial charge in [0.15, 0.2) is 0 Å². The molecule has 0 bridgehead atoms. The molecule has 8 nitrogen and oxygen atoms in total. The first-order valence-corrected chi connectivity index (χ1v) is 10.8. The van der Waals surface area contributed by atoms with Crippen molar-refractivity contribution >= 4 is 23.8 Å². The number of nitrogens with one attached hydrogen (secondary N) is 1. The minimum absolute atomic E-state index is 0.155. The van der Waals surface area contributed by atoms with Gasteiger partial charge in [0.25, 0.3) is 0 Å². The van der Waals surface area contributed by atoms with Crippen LogP contribution in [0.2, 0.25) is 0 Å². The number of aromatic nitrogens is 1. The summed E-state index contributed by atoms with van der Waals surface area (Å²) in [6.45, 7) is 15.6. The van der Waals surface area contributed by atoms with E-state index in [1.165, 1.54) is 18.4 Å². The lowest BCUT2D eigenvalue weighted by molar-refractivity contribution is -0.141. The Morgan fingerprint density at radius 3 is 2.23 bits per heavy atom. The number of hydrogen-bond donors (Lipinski definition) is 1. The van der Waals surface area contributed by atoms with E-state index in [9.17, 15) is 14.4 Å². The second-order valence-corrected chi connectivity index (χ2v) is 7.49. The second kappa shape index (κ2) is 17.1. The molecule has 0 aliphatic carbocycles. The smallest absolute Gasteiger partial charge is 0.416 e. The zero-order valence-corrected chi connectivity index (χ0v) is 20.7. The molecule has 0 radical (unpaired) electrons. The fourth-order valence-electron chi connectivity index (χ4n) is 2.01. The molecule has 0 aliphatic heterocycles. The molecule has 0 saturated carbocycles. The van der Waals surface area contributed by atoms with Crippen molar-refractivity contribution in [1.29, 1.82) is 0 Å². The minimum Gasteiger partial charge on any atom is -0.468 e. The average Bonchev–Trinajstić information content (AvgIpc) is 2.70. The Morgan fingerprint density at radius 1 is 1.16 bits per heavy atom. The van der Waals surface area contributed by atoms with Crippen molar-refractivity contribution in [3.63, 3.8) is 0 Å². The van der Waals surface area contributed by atoms with Crippen LogP contribution < -0.4 is 10.2 Å². The number of esters is 1. The molecule has 31 heavy (non-hydrogen) atoms. The summed E-state index contributed by atoms with van der Waals surface area (Å²) in [5.41, 5.74) is 0.316. The molecule has 0 aliphatic rings. The molecule has 0 saturated heterocycles. The fourth-order valence-corrected chi connectivity index (χ4v) is 2.01. The molecule has 1 N–H and O–H groups in total. The van der Waals surface area contributed by atoms with Crippen molar-refractivity contribution in [2.24, 2.45) is 0 Å². The van der Waals surface area contributed by atoms with Gasteiger partial charge in [-0.1, -0.05) is 34.1 Å². The Balaban J connectivity index is 0. The Labute approximate surface area is 187 Å². The van der Waals surface area contributed by atoms with Gasteiger partial charge in [-0.25, -0.2) is 9.78 Å². The van der Waals surface area contributed by atoms with Gasteiger partial charge in [-0.05, 0) is 51.8 Å². The summed E-state index contributed by atoms with van der Waals surface area (Å²) < 4.78 is 9.89. The number of ether oxygens (including phenoxy) is 2. The monoisotopic (exact) mass is 439 g/mol. The molecule has 0 unspecified atom stereocenters. The van der Waals surface area contributed by atoms with Crippen LogP contribution >= 0.6 is 0 Å². The number of pyridine rings is 1. The van der Waals surface area contributed by atoms with Crippen LogP contribution in [0.4, 0.5) is 10.6 Å². The van der Waals surface area contributed by atoms with Crippen LogP contribution in [0.1, 0.15) is 73.3 Å². The highest BCUT2D eigenvalue weighted by atomic mass is 16.6. The van der Waals surface area contributed by atoms with Gasteiger partial charge >= 0.3 is 12.1 Å². The van der Waals surface area contributed by atoms with E-state index in [4.69, 9.17) is 4.74 Å². The summed E-state index contributed by atoms with van der Waals surface area (Å²) in [5, 5.41) is 2.46. The standard InChI is InChI=1S/C18H27N3O5.C3H8.C2H6/c1-13-8-9-19-14(11-13)21(17(24)26-18(2,3)4)10-6-7-15(22)20-12-16(23)25-5;1-3-2;1-2/h8-9,11H,6-7,10,12H2,1-5H3,(H,20,22);3H2,1-2H3;1-2H3. The lowest BCUT2D eigenvalue weighted by atomic mass is 10.2. The Kier molecular flexibility index (Phi) is 16.8. The first-order valence-electron chi connectivity index (χ1n) is 10.8. The predicted molar refractivity (Wildman–Crippen MR) is 124 cm³/mol. The average molecular weight is 440 g/mol. The number of methoxy groups -OCH3 is 1. The number of anilines is 1. The molecule has 1 aromatic rings. The van der Waals surface area contributed by atoms with Crippen LogP contribution in [0.3, 0.4) is 0 Å². The predicted octanol–water partition coefficient (Wildman–Crippen LogP) is 4.64. The molecule has 8 heteroatoms. The largest absolute Gasteiger partial charge is 0.468 e. The van der Waals surface area contributed by atoms with Crippen molar-refractivity contribution in [2.45, 2.75) is 80.3 Å². The van der Waals surface area contributed by atoms with Gasteiger partial charge in [0, 0.05) is 19.2 Å². The molecule has 1 rings (SSSR count). The number of amides is 2. The molecular formula is C23H41N3O5. The van der Waals surface area contributed by atoms with Gasteiger partial charge in [-0.15, -0.1) is 0 Å². The van der Waals surface area contributed by atoms with Crippen molar-refractivity contribution in [2.75, 3.05) is 25.1 Å². The Hall–Kier alpha value is -2.64. The van der Waals surface area contributed by atoms with Crippen LogP contribution in [0, 0.1) is 6.92 Å². The number of carbonyl (C=O) groups is 3. The zero-order chi connectivity index (χ0) is 24.4. The van der Waals surface area contributed by atoms with Gasteiger partial charge in [0.05, 0.1) is 7.11 Å². The number of aryl methyl sites for hydroxylation is 1. The first-order chi connectivity index (χ1) is 14.5. The van der Waals surface area contributed by atoms with Crippen molar-refractivity contribution in [1.82, 2.24) is 10.3 Å². The molecule has 0 spiro atoms. The van der Waals surface area contributed by atoms with Crippen LogP contribution in [0.15, 0.2) is 18.3 Å². The van der Waals surface area contributed by atoms with E-state index in [0.717, 1.165) is 5.56 Å².